The van der Waals surface area contributed by atoms with E-state index in [0.29, 0.717) is 6.04 Å². The van der Waals surface area contributed by atoms with Gasteiger partial charge in [-0.05, 0) is 48.7 Å². The highest BCUT2D eigenvalue weighted by molar-refractivity contribution is 9.10. The second-order valence-corrected chi connectivity index (χ2v) is 5.54. The summed E-state index contributed by atoms with van der Waals surface area (Å²) in [5.74, 6) is 0. The number of halogens is 1. The van der Waals surface area contributed by atoms with Gasteiger partial charge in [0.25, 0.3) is 0 Å². The molecule has 19 heavy (non-hydrogen) atoms. The lowest BCUT2D eigenvalue weighted by Gasteiger charge is -2.19. The first-order valence-electron chi connectivity index (χ1n) is 6.67. The second kappa shape index (κ2) is 7.41. The van der Waals surface area contributed by atoms with E-state index in [1.165, 1.54) is 11.1 Å². The first-order chi connectivity index (χ1) is 9.29. The Labute approximate surface area is 123 Å². The van der Waals surface area contributed by atoms with E-state index in [0.717, 1.165) is 23.9 Å². The van der Waals surface area contributed by atoms with Crippen LogP contribution in [0.15, 0.2) is 53.3 Å². The third-order valence-electron chi connectivity index (χ3n) is 3.05. The fraction of sp³-hybridized carbons (Fsp3) is 0.312. The summed E-state index contributed by atoms with van der Waals surface area (Å²) in [6.07, 6.45) is 5.86. The molecule has 0 bridgehead atoms. The maximum atomic E-state index is 4.19. The van der Waals surface area contributed by atoms with Gasteiger partial charge < -0.3 is 5.32 Å². The summed E-state index contributed by atoms with van der Waals surface area (Å²) in [4.78, 5) is 4.19. The molecule has 0 fully saturated rings. The summed E-state index contributed by atoms with van der Waals surface area (Å²) in [5, 5.41) is 3.61. The van der Waals surface area contributed by atoms with Crippen LogP contribution in [0.4, 0.5) is 0 Å². The minimum Gasteiger partial charge on any atom is -0.310 e. The minimum absolute atomic E-state index is 0.335. The zero-order chi connectivity index (χ0) is 13.5. The van der Waals surface area contributed by atoms with Crippen molar-refractivity contribution in [2.75, 3.05) is 6.54 Å². The van der Waals surface area contributed by atoms with Crippen molar-refractivity contribution in [2.24, 2.45) is 0 Å². The van der Waals surface area contributed by atoms with Gasteiger partial charge in [0.2, 0.25) is 0 Å². The number of rotatable bonds is 6. The molecule has 1 aromatic carbocycles. The van der Waals surface area contributed by atoms with E-state index in [2.05, 4.69) is 63.5 Å². The van der Waals surface area contributed by atoms with Crippen molar-refractivity contribution in [3.05, 3.63) is 64.4 Å². The maximum Gasteiger partial charge on any atom is 0.0361 e. The second-order valence-electron chi connectivity index (χ2n) is 4.63. The van der Waals surface area contributed by atoms with Crippen molar-refractivity contribution in [3.63, 3.8) is 0 Å². The lowest BCUT2D eigenvalue weighted by Crippen LogP contribution is -2.24. The zero-order valence-corrected chi connectivity index (χ0v) is 12.7. The SMILES string of the molecule is CCCNC(Cc1cccnc1)c1cccc(Br)c1. The smallest absolute Gasteiger partial charge is 0.0361 e. The van der Waals surface area contributed by atoms with E-state index in [4.69, 9.17) is 0 Å². The fourth-order valence-electron chi connectivity index (χ4n) is 2.10. The number of hydrogen-bond acceptors (Lipinski definition) is 2. The molecule has 1 unspecified atom stereocenters. The van der Waals surface area contributed by atoms with Crippen LogP contribution in [-0.4, -0.2) is 11.5 Å². The van der Waals surface area contributed by atoms with Crippen LogP contribution in [0.2, 0.25) is 0 Å². The molecule has 3 heteroatoms. The van der Waals surface area contributed by atoms with Gasteiger partial charge in [0.05, 0.1) is 0 Å². The van der Waals surface area contributed by atoms with Gasteiger partial charge in [-0.3, -0.25) is 4.98 Å². The summed E-state index contributed by atoms with van der Waals surface area (Å²) < 4.78 is 1.12. The van der Waals surface area contributed by atoms with Crippen LogP contribution in [0.1, 0.15) is 30.5 Å². The predicted octanol–water partition coefficient (Wildman–Crippen LogP) is 4.13. The lowest BCUT2D eigenvalue weighted by atomic mass is 10.00. The minimum atomic E-state index is 0.335. The van der Waals surface area contributed by atoms with Gasteiger partial charge in [0, 0.05) is 22.9 Å². The summed E-state index contributed by atoms with van der Waals surface area (Å²) >= 11 is 3.54. The van der Waals surface area contributed by atoms with Gasteiger partial charge in [0.1, 0.15) is 0 Å². The van der Waals surface area contributed by atoms with Gasteiger partial charge in [0.15, 0.2) is 0 Å². The number of hydrogen-bond donors (Lipinski definition) is 1. The van der Waals surface area contributed by atoms with E-state index < -0.39 is 0 Å². The van der Waals surface area contributed by atoms with Crippen molar-refractivity contribution in [1.29, 1.82) is 0 Å². The van der Waals surface area contributed by atoms with E-state index in [-0.39, 0.29) is 0 Å². The highest BCUT2D eigenvalue weighted by atomic mass is 79.9. The number of pyridine rings is 1. The first-order valence-corrected chi connectivity index (χ1v) is 7.46. The van der Waals surface area contributed by atoms with E-state index in [9.17, 15) is 0 Å². The van der Waals surface area contributed by atoms with Crippen LogP contribution in [0.3, 0.4) is 0 Å². The maximum absolute atomic E-state index is 4.19. The molecule has 0 amide bonds. The number of benzene rings is 1. The van der Waals surface area contributed by atoms with Gasteiger partial charge >= 0.3 is 0 Å². The molecule has 0 spiro atoms. The van der Waals surface area contributed by atoms with Crippen LogP contribution in [0.25, 0.3) is 0 Å². The van der Waals surface area contributed by atoms with Crippen LogP contribution in [0, 0.1) is 0 Å². The molecule has 0 saturated heterocycles. The molecular formula is C16H19BrN2. The molecular weight excluding hydrogens is 300 g/mol. The molecule has 2 aromatic rings. The number of nitrogens with zero attached hydrogens (tertiary/aromatic N) is 1. The van der Waals surface area contributed by atoms with Crippen LogP contribution in [0.5, 0.6) is 0 Å². The monoisotopic (exact) mass is 318 g/mol. The van der Waals surface area contributed by atoms with Crippen molar-refractivity contribution in [1.82, 2.24) is 10.3 Å². The summed E-state index contributed by atoms with van der Waals surface area (Å²) in [6.45, 7) is 3.21. The lowest BCUT2D eigenvalue weighted by molar-refractivity contribution is 0.528. The highest BCUT2D eigenvalue weighted by Gasteiger charge is 2.11. The van der Waals surface area contributed by atoms with Gasteiger partial charge in [-0.25, -0.2) is 0 Å². The third kappa shape index (κ3) is 4.44. The quantitative estimate of drug-likeness (QED) is 0.866. The molecule has 1 aromatic heterocycles. The van der Waals surface area contributed by atoms with Crippen molar-refractivity contribution < 1.29 is 0 Å². The Kier molecular flexibility index (Phi) is 5.55. The van der Waals surface area contributed by atoms with Gasteiger partial charge in [-0.15, -0.1) is 0 Å². The fourth-order valence-corrected chi connectivity index (χ4v) is 2.52. The van der Waals surface area contributed by atoms with Gasteiger partial charge in [-0.1, -0.05) is 41.1 Å². The Morgan fingerprint density at radius 3 is 2.84 bits per heavy atom. The van der Waals surface area contributed by atoms with Gasteiger partial charge in [-0.2, -0.15) is 0 Å². The summed E-state index contributed by atoms with van der Waals surface area (Å²) in [7, 11) is 0. The average Bonchev–Trinajstić information content (AvgIpc) is 2.44. The molecule has 2 nitrogen and oxygen atoms in total. The highest BCUT2D eigenvalue weighted by Crippen LogP contribution is 2.21. The zero-order valence-electron chi connectivity index (χ0n) is 11.1. The van der Waals surface area contributed by atoms with Crippen LogP contribution < -0.4 is 5.32 Å². The molecule has 0 aliphatic carbocycles. The largest absolute Gasteiger partial charge is 0.310 e. The number of nitrogens with one attached hydrogen (secondary N) is 1. The van der Waals surface area contributed by atoms with E-state index in [1.807, 2.05) is 18.5 Å². The molecule has 0 aliphatic rings. The Bertz CT molecular complexity index is 499. The third-order valence-corrected chi connectivity index (χ3v) is 3.55. The molecule has 0 saturated carbocycles. The predicted molar refractivity (Wildman–Crippen MR) is 83.1 cm³/mol. The molecule has 1 atom stereocenters. The average molecular weight is 319 g/mol. The van der Waals surface area contributed by atoms with Crippen molar-refractivity contribution >= 4 is 15.9 Å². The molecule has 100 valence electrons. The van der Waals surface area contributed by atoms with Crippen LogP contribution in [-0.2, 0) is 6.42 Å². The van der Waals surface area contributed by atoms with Crippen molar-refractivity contribution in [3.8, 4) is 0 Å². The molecule has 1 heterocycles. The topological polar surface area (TPSA) is 24.9 Å². The Morgan fingerprint density at radius 2 is 2.16 bits per heavy atom. The van der Waals surface area contributed by atoms with E-state index >= 15 is 0 Å². The Morgan fingerprint density at radius 1 is 1.26 bits per heavy atom. The summed E-state index contributed by atoms with van der Waals surface area (Å²) in [6, 6.07) is 13.0. The Hall–Kier alpha value is -1.19. The van der Waals surface area contributed by atoms with E-state index in [1.54, 1.807) is 0 Å². The molecule has 0 radical (unpaired) electrons. The molecule has 1 N–H and O–H groups in total. The van der Waals surface area contributed by atoms with Crippen molar-refractivity contribution in [2.45, 2.75) is 25.8 Å². The molecule has 0 aliphatic heterocycles. The normalized spacial score (nSPS) is 12.3. The first kappa shape index (κ1) is 14.2. The Balaban J connectivity index is 2.16. The van der Waals surface area contributed by atoms with Crippen LogP contribution >= 0.6 is 15.9 Å². The molecule has 2 rings (SSSR count). The summed E-state index contributed by atoms with van der Waals surface area (Å²) in [5.41, 5.74) is 2.57. The number of aromatic nitrogens is 1. The standard InChI is InChI=1S/C16H19BrN2/c1-2-8-19-16(10-13-5-4-9-18-12-13)14-6-3-7-15(17)11-14/h3-7,9,11-12,16,19H,2,8,10H2,1H3.